The van der Waals surface area contributed by atoms with Crippen LogP contribution in [0.25, 0.3) is 0 Å². The van der Waals surface area contributed by atoms with E-state index in [-0.39, 0.29) is 0 Å². The van der Waals surface area contributed by atoms with Crippen molar-refractivity contribution < 1.29 is 0 Å². The van der Waals surface area contributed by atoms with Crippen LogP contribution >= 0.6 is 8.58 Å². The van der Waals surface area contributed by atoms with Crippen LogP contribution < -0.4 is 0 Å². The van der Waals surface area contributed by atoms with Crippen LogP contribution in [0.4, 0.5) is 0 Å². The van der Waals surface area contributed by atoms with Gasteiger partial charge in [0.1, 0.15) is 0 Å². The molecule has 0 amide bonds. The van der Waals surface area contributed by atoms with E-state index in [9.17, 15) is 0 Å². The molecule has 0 saturated carbocycles. The molecule has 0 saturated heterocycles. The van der Waals surface area contributed by atoms with E-state index < -0.39 is 0 Å². The molecule has 0 N–H and O–H groups in total. The summed E-state index contributed by atoms with van der Waals surface area (Å²) in [6.45, 7) is 7.06. The first-order valence-corrected chi connectivity index (χ1v) is 6.18. The van der Waals surface area contributed by atoms with E-state index in [0.717, 1.165) is 14.2 Å². The summed E-state index contributed by atoms with van der Waals surface area (Å²) in [7, 11) is 1.09. The molecule has 2 atom stereocenters. The zero-order valence-corrected chi connectivity index (χ0v) is 9.59. The molecule has 1 aliphatic rings. The number of hydrogen-bond donors (Lipinski definition) is 0. The molecular weight excluding hydrogens is 175 g/mol. The molecule has 70 valence electrons. The first-order chi connectivity index (χ1) is 6.09. The molecule has 0 nitrogen and oxygen atoms in total. The van der Waals surface area contributed by atoms with Gasteiger partial charge in [0.2, 0.25) is 0 Å². The van der Waals surface area contributed by atoms with Gasteiger partial charge in [-0.05, 0) is 22.7 Å². The lowest BCUT2D eigenvalue weighted by molar-refractivity contribution is 0.401. The third-order valence-corrected chi connectivity index (χ3v) is 4.90. The van der Waals surface area contributed by atoms with Crippen LogP contribution in [0.5, 0.6) is 0 Å². The van der Waals surface area contributed by atoms with Gasteiger partial charge in [0.15, 0.2) is 0 Å². The van der Waals surface area contributed by atoms with Crippen molar-refractivity contribution in [1.82, 2.24) is 0 Å². The largest absolute Gasteiger partial charge is 0.109 e. The average Bonchev–Trinajstić information content (AvgIpc) is 2.45. The summed E-state index contributed by atoms with van der Waals surface area (Å²) in [6, 6.07) is 8.93. The van der Waals surface area contributed by atoms with Crippen LogP contribution in [0.3, 0.4) is 0 Å². The smallest absolute Gasteiger partial charge is 0.00684 e. The van der Waals surface area contributed by atoms with Gasteiger partial charge in [0, 0.05) is 5.66 Å². The Labute approximate surface area is 82.5 Å². The monoisotopic (exact) mass is 192 g/mol. The number of benzene rings is 1. The first-order valence-electron chi connectivity index (χ1n) is 4.90. The molecule has 1 aromatic carbocycles. The maximum absolute atomic E-state index is 2.35. The van der Waals surface area contributed by atoms with Gasteiger partial charge in [0.25, 0.3) is 0 Å². The van der Waals surface area contributed by atoms with E-state index >= 15 is 0 Å². The molecule has 0 fully saturated rings. The lowest BCUT2D eigenvalue weighted by Gasteiger charge is -2.27. The van der Waals surface area contributed by atoms with Crippen LogP contribution in [-0.2, 0) is 6.16 Å². The standard InChI is InChI=1S/C12H17P/c1-12(2,3)11-10-7-5-4-6-9(10)8-13-11/h4-7,11,13H,8H2,1-3H3. The SMILES string of the molecule is CC(C)(C)C1PCc2ccccc21. The molecule has 0 aliphatic carbocycles. The van der Waals surface area contributed by atoms with Crippen molar-refractivity contribution in [3.63, 3.8) is 0 Å². The zero-order chi connectivity index (χ0) is 9.47. The average molecular weight is 192 g/mol. The normalized spacial score (nSPS) is 23.5. The Morgan fingerprint density at radius 2 is 1.92 bits per heavy atom. The molecule has 13 heavy (non-hydrogen) atoms. The lowest BCUT2D eigenvalue weighted by Crippen LogP contribution is -2.12. The van der Waals surface area contributed by atoms with Gasteiger partial charge in [-0.1, -0.05) is 45.0 Å². The highest BCUT2D eigenvalue weighted by atomic mass is 31.1. The Morgan fingerprint density at radius 1 is 1.23 bits per heavy atom. The predicted molar refractivity (Wildman–Crippen MR) is 60.7 cm³/mol. The Hall–Kier alpha value is -0.350. The van der Waals surface area contributed by atoms with Gasteiger partial charge in [-0.25, -0.2) is 0 Å². The highest BCUT2D eigenvalue weighted by molar-refractivity contribution is 7.38. The van der Waals surface area contributed by atoms with Crippen LogP contribution in [0.1, 0.15) is 37.6 Å². The van der Waals surface area contributed by atoms with Gasteiger partial charge < -0.3 is 0 Å². The summed E-state index contributed by atoms with van der Waals surface area (Å²) in [5.41, 5.74) is 4.42. The predicted octanol–water partition coefficient (Wildman–Crippen LogP) is 3.97. The van der Waals surface area contributed by atoms with Crippen molar-refractivity contribution in [2.75, 3.05) is 0 Å². The fourth-order valence-electron chi connectivity index (χ4n) is 2.07. The van der Waals surface area contributed by atoms with Gasteiger partial charge in [-0.15, -0.1) is 8.58 Å². The van der Waals surface area contributed by atoms with Crippen LogP contribution in [0.15, 0.2) is 24.3 Å². The minimum atomic E-state index is 0.436. The fraction of sp³-hybridized carbons (Fsp3) is 0.500. The highest BCUT2D eigenvalue weighted by Crippen LogP contribution is 2.55. The first kappa shape index (κ1) is 9.21. The molecule has 2 unspecified atom stereocenters. The van der Waals surface area contributed by atoms with E-state index in [2.05, 4.69) is 45.0 Å². The lowest BCUT2D eigenvalue weighted by atomic mass is 9.86. The van der Waals surface area contributed by atoms with Crippen molar-refractivity contribution in [1.29, 1.82) is 0 Å². The molecule has 0 bridgehead atoms. The minimum Gasteiger partial charge on any atom is -0.109 e. The fourth-order valence-corrected chi connectivity index (χ4v) is 3.93. The van der Waals surface area contributed by atoms with E-state index in [1.54, 1.807) is 11.1 Å². The highest BCUT2D eigenvalue weighted by Gasteiger charge is 2.31. The third kappa shape index (κ3) is 1.65. The van der Waals surface area contributed by atoms with E-state index in [0.29, 0.717) is 5.41 Å². The third-order valence-electron chi connectivity index (χ3n) is 2.73. The Morgan fingerprint density at radius 3 is 2.62 bits per heavy atom. The van der Waals surface area contributed by atoms with Crippen molar-refractivity contribution in [3.8, 4) is 0 Å². The second kappa shape index (κ2) is 3.10. The molecule has 0 aromatic heterocycles. The number of fused-ring (bicyclic) bond motifs is 1. The second-order valence-corrected chi connectivity index (χ2v) is 6.22. The van der Waals surface area contributed by atoms with Crippen molar-refractivity contribution >= 4 is 8.58 Å². The van der Waals surface area contributed by atoms with Gasteiger partial charge in [0.05, 0.1) is 0 Å². The van der Waals surface area contributed by atoms with Crippen LogP contribution in [0.2, 0.25) is 0 Å². The van der Waals surface area contributed by atoms with Gasteiger partial charge in [-0.3, -0.25) is 0 Å². The van der Waals surface area contributed by atoms with E-state index in [1.807, 2.05) is 0 Å². The van der Waals surface area contributed by atoms with Crippen molar-refractivity contribution in [3.05, 3.63) is 35.4 Å². The number of hydrogen-bond acceptors (Lipinski definition) is 0. The molecule has 1 aliphatic heterocycles. The van der Waals surface area contributed by atoms with Crippen molar-refractivity contribution in [2.45, 2.75) is 32.6 Å². The summed E-state index contributed by atoms with van der Waals surface area (Å²) < 4.78 is 0. The van der Waals surface area contributed by atoms with Crippen molar-refractivity contribution in [2.24, 2.45) is 5.41 Å². The maximum Gasteiger partial charge on any atom is 0.00684 e. The molecular formula is C12H17P. The summed E-state index contributed by atoms with van der Waals surface area (Å²) in [5.74, 6) is 0. The molecule has 0 radical (unpaired) electrons. The summed E-state index contributed by atoms with van der Waals surface area (Å²) in [4.78, 5) is 0. The second-order valence-electron chi connectivity index (χ2n) is 4.88. The zero-order valence-electron chi connectivity index (χ0n) is 8.59. The van der Waals surface area contributed by atoms with E-state index in [1.165, 1.54) is 6.16 Å². The summed E-state index contributed by atoms with van der Waals surface area (Å²) >= 11 is 0. The maximum atomic E-state index is 2.35. The summed E-state index contributed by atoms with van der Waals surface area (Å²) in [5, 5.41) is 0. The molecule has 1 aromatic rings. The number of rotatable bonds is 0. The molecule has 2 rings (SSSR count). The molecule has 0 spiro atoms. The minimum absolute atomic E-state index is 0.436. The van der Waals surface area contributed by atoms with E-state index in [4.69, 9.17) is 0 Å². The van der Waals surface area contributed by atoms with Gasteiger partial charge in [-0.2, -0.15) is 0 Å². The molecule has 1 heteroatoms. The Bertz CT molecular complexity index is 309. The Kier molecular flexibility index (Phi) is 2.20. The molecule has 1 heterocycles. The van der Waals surface area contributed by atoms with Gasteiger partial charge >= 0.3 is 0 Å². The summed E-state index contributed by atoms with van der Waals surface area (Å²) in [6.07, 6.45) is 1.30. The van der Waals surface area contributed by atoms with Crippen LogP contribution in [-0.4, -0.2) is 0 Å². The quantitative estimate of drug-likeness (QED) is 0.546. The van der Waals surface area contributed by atoms with Crippen LogP contribution in [0, 0.1) is 5.41 Å². The Balaban J connectivity index is 2.39. The topological polar surface area (TPSA) is 0 Å².